The third kappa shape index (κ3) is 8.85. The van der Waals surface area contributed by atoms with Crippen molar-refractivity contribution < 1.29 is 31.4 Å². The van der Waals surface area contributed by atoms with Crippen molar-refractivity contribution in [2.24, 2.45) is 5.92 Å². The molecule has 0 bridgehead atoms. The van der Waals surface area contributed by atoms with Gasteiger partial charge in [0.2, 0.25) is 0 Å². The molecule has 0 N–H and O–H groups in total. The van der Waals surface area contributed by atoms with E-state index in [0.29, 0.717) is 22.4 Å². The van der Waals surface area contributed by atoms with Crippen LogP contribution < -0.4 is 5.19 Å². The van der Waals surface area contributed by atoms with E-state index < -0.39 is 21.3 Å². The molecule has 0 spiro atoms. The molecule has 3 aromatic heterocycles. The molecule has 8 aromatic rings. The van der Waals surface area contributed by atoms with E-state index in [1.54, 1.807) is 6.07 Å². The van der Waals surface area contributed by atoms with Crippen LogP contribution in [0.5, 0.6) is 0 Å². The van der Waals surface area contributed by atoms with Crippen LogP contribution in [0.25, 0.3) is 61.3 Å². The first-order valence-electron chi connectivity index (χ1n) is 22.4. The van der Waals surface area contributed by atoms with E-state index in [2.05, 4.69) is 117 Å². The Balaban J connectivity index is 0.000000207. The van der Waals surface area contributed by atoms with E-state index >= 15 is 0 Å². The molecule has 1 radical (unpaired) electrons. The number of fused-ring (bicyclic) bond motifs is 4. The number of furan rings is 1. The summed E-state index contributed by atoms with van der Waals surface area (Å²) in [7, 11) is -1.82. The average molecular weight is 965 g/mol. The largest absolute Gasteiger partial charge is 0.501 e. The molecule has 0 aliphatic rings. The van der Waals surface area contributed by atoms with Gasteiger partial charge in [-0.25, -0.2) is 0 Å². The first-order valence-corrected chi connectivity index (χ1v) is 23.4. The van der Waals surface area contributed by atoms with Crippen LogP contribution >= 0.6 is 0 Å². The fourth-order valence-electron chi connectivity index (χ4n) is 7.31. The molecule has 0 saturated heterocycles. The molecule has 4 nitrogen and oxygen atoms in total. The molecule has 0 unspecified atom stereocenters. The first-order chi connectivity index (χ1) is 28.9. The second kappa shape index (κ2) is 16.6. The van der Waals surface area contributed by atoms with Gasteiger partial charge in [-0.15, -0.1) is 53.1 Å². The zero-order valence-corrected chi connectivity index (χ0v) is 38.9. The molecule has 3 heterocycles. The maximum Gasteiger partial charge on any atom is 0.120 e. The van der Waals surface area contributed by atoms with Crippen LogP contribution in [0.4, 0.5) is 0 Å². The van der Waals surface area contributed by atoms with E-state index in [-0.39, 0.29) is 36.9 Å². The Hall–Kier alpha value is -4.61. The van der Waals surface area contributed by atoms with Gasteiger partial charge in [-0.3, -0.25) is 4.98 Å². The van der Waals surface area contributed by atoms with Gasteiger partial charge < -0.3 is 14.0 Å². The van der Waals surface area contributed by atoms with Crippen molar-refractivity contribution in [3.05, 3.63) is 144 Å². The zero-order chi connectivity index (χ0) is 45.2. The number of rotatable bonds is 6. The zero-order valence-electron chi connectivity index (χ0n) is 40.6. The van der Waals surface area contributed by atoms with Gasteiger partial charge in [-0.2, -0.15) is 0 Å². The van der Waals surface area contributed by atoms with Crippen molar-refractivity contribution in [1.29, 1.82) is 0 Å². The monoisotopic (exact) mass is 965 g/mol. The summed E-state index contributed by atoms with van der Waals surface area (Å²) in [5, 5.41) is 3.20. The van der Waals surface area contributed by atoms with Gasteiger partial charge >= 0.3 is 0 Å². The van der Waals surface area contributed by atoms with Gasteiger partial charge in [0.15, 0.2) is 0 Å². The summed E-state index contributed by atoms with van der Waals surface area (Å²) in [6.07, 6.45) is 0.332. The molecule has 0 aliphatic heterocycles. The van der Waals surface area contributed by atoms with Crippen molar-refractivity contribution in [2.45, 2.75) is 99.1 Å². The summed E-state index contributed by atoms with van der Waals surface area (Å²) in [5.41, 5.74) is 9.73. The molecule has 0 aliphatic carbocycles. The summed E-state index contributed by atoms with van der Waals surface area (Å²) >= 11 is 0. The van der Waals surface area contributed by atoms with Crippen molar-refractivity contribution in [3.8, 4) is 28.3 Å². The number of hydrogen-bond acceptors (Lipinski definition) is 3. The van der Waals surface area contributed by atoms with Crippen molar-refractivity contribution in [3.63, 3.8) is 0 Å². The quantitative estimate of drug-likeness (QED) is 0.123. The van der Waals surface area contributed by atoms with E-state index in [1.165, 1.54) is 5.56 Å². The summed E-state index contributed by atoms with van der Waals surface area (Å²) in [6.45, 7) is 20.8. The third-order valence-corrected chi connectivity index (χ3v) is 12.3. The van der Waals surface area contributed by atoms with Crippen LogP contribution in [-0.2, 0) is 37.3 Å². The molecular weight excluding hydrogens is 903 g/mol. The van der Waals surface area contributed by atoms with E-state index in [0.717, 1.165) is 60.8 Å². The van der Waals surface area contributed by atoms with Gasteiger partial charge in [-0.05, 0) is 69.9 Å². The number of aryl methyl sites for hydroxylation is 1. The van der Waals surface area contributed by atoms with Gasteiger partial charge in [-0.1, -0.05) is 147 Å². The molecule has 5 aromatic carbocycles. The Kier molecular flexibility index (Phi) is 10.4. The predicted molar refractivity (Wildman–Crippen MR) is 245 cm³/mol. The Bertz CT molecular complexity index is 2910. The Morgan fingerprint density at radius 3 is 2.22 bits per heavy atom. The van der Waals surface area contributed by atoms with Crippen LogP contribution in [-0.4, -0.2) is 22.6 Å². The number of hydrogen-bond donors (Lipinski definition) is 0. The molecule has 301 valence electrons. The minimum absolute atomic E-state index is 0. The topological polar surface area (TPSA) is 43.9 Å². The fourth-order valence-corrected chi connectivity index (χ4v) is 8.72. The Morgan fingerprint density at radius 2 is 1.55 bits per heavy atom. The number of nitrogens with zero attached hydrogens (tertiary/aromatic N) is 3. The molecule has 6 heteroatoms. The number of aromatic nitrogens is 3. The van der Waals surface area contributed by atoms with E-state index in [1.807, 2.05) is 83.3 Å². The molecular formula is C52H57IrN3OSi-2. The number of pyridine rings is 1. The summed E-state index contributed by atoms with van der Waals surface area (Å²) in [6, 6.07) is 41.0. The van der Waals surface area contributed by atoms with Crippen molar-refractivity contribution in [2.75, 3.05) is 0 Å². The van der Waals surface area contributed by atoms with Crippen LogP contribution in [0.1, 0.15) is 84.5 Å². The maximum atomic E-state index is 8.74. The van der Waals surface area contributed by atoms with E-state index in [4.69, 9.17) is 16.3 Å². The Morgan fingerprint density at radius 1 is 0.845 bits per heavy atom. The third-order valence-electron chi connectivity index (χ3n) is 10.3. The molecule has 0 fully saturated rings. The predicted octanol–water partition coefficient (Wildman–Crippen LogP) is 13.6. The van der Waals surface area contributed by atoms with E-state index in [9.17, 15) is 0 Å². The average Bonchev–Trinajstić information content (AvgIpc) is 3.78. The molecule has 0 amide bonds. The second-order valence-electron chi connectivity index (χ2n) is 18.3. The molecule has 8 rings (SSSR count). The molecule has 0 saturated carbocycles. The van der Waals surface area contributed by atoms with Gasteiger partial charge in [0.05, 0.1) is 30.5 Å². The first kappa shape index (κ1) is 36.5. The SMILES string of the molecule is CC(C)(C)c1ccc(-n2c(-c3[c-]ccc4c3oc3ccccc34)nc3ccccc32)cc1.[2H]C([2H])([2H])c1c[c-]c(-c2cc(C([2H])([2H])C(C)C)c([Si](C)(C)C)cn2)cc1C(C)(C)C.[Ir]. The Labute approximate surface area is 367 Å². The molecule has 0 atom stereocenters. The minimum Gasteiger partial charge on any atom is -0.501 e. The molecule has 58 heavy (non-hydrogen) atoms. The van der Waals surface area contributed by atoms with Crippen LogP contribution in [0, 0.1) is 24.9 Å². The fraction of sp³-hybridized carbons (Fsp3) is 0.308. The summed E-state index contributed by atoms with van der Waals surface area (Å²) in [4.78, 5) is 9.68. The summed E-state index contributed by atoms with van der Waals surface area (Å²) < 4.78 is 49.6. The maximum absolute atomic E-state index is 8.74. The van der Waals surface area contributed by atoms with Crippen LogP contribution in [0.3, 0.4) is 0 Å². The minimum atomic E-state index is -2.22. The van der Waals surface area contributed by atoms with Gasteiger partial charge in [0.1, 0.15) is 5.58 Å². The van der Waals surface area contributed by atoms with Gasteiger partial charge in [0.25, 0.3) is 0 Å². The number of benzene rings is 5. The standard InChI is InChI=1S/C29H23N2O.C23H34NSi.Ir/c1-29(2,3)19-15-17-20(18-16-19)31-25-13-6-5-12-24(25)30-28(31)23-11-8-10-22-21-9-4-7-14-26(21)32-27(22)23;1-16(2)12-19-14-21(24-15-22(19)25(7,8)9)18-11-10-17(3)20(13-18)23(4,5)6;/h4-10,12-18H,1-3H3;10,13-16H,12H2,1-9H3;/q2*-1;/i;3D3,12D2;. The number of para-hydroxylation sites is 3. The van der Waals surface area contributed by atoms with Crippen LogP contribution in [0.2, 0.25) is 19.6 Å². The van der Waals surface area contributed by atoms with Gasteiger partial charge in [0, 0.05) is 44.2 Å². The van der Waals surface area contributed by atoms with Crippen molar-refractivity contribution in [1.82, 2.24) is 14.5 Å². The normalized spacial score (nSPS) is 14.0. The van der Waals surface area contributed by atoms with Crippen LogP contribution in [0.15, 0.2) is 114 Å². The number of imidazole rings is 1. The summed E-state index contributed by atoms with van der Waals surface area (Å²) in [5.74, 6) is 0.647. The smallest absolute Gasteiger partial charge is 0.120 e. The van der Waals surface area contributed by atoms with Crippen molar-refractivity contribution >= 4 is 46.2 Å². The second-order valence-corrected chi connectivity index (χ2v) is 23.4.